The average molecular weight is 249 g/mol. The molecule has 0 saturated carbocycles. The fourth-order valence-corrected chi connectivity index (χ4v) is 2.59. The molecule has 17 heavy (non-hydrogen) atoms. The summed E-state index contributed by atoms with van der Waals surface area (Å²) in [7, 11) is 1.81. The number of aromatic nitrogens is 2. The van der Waals surface area contributed by atoms with E-state index in [0.717, 1.165) is 0 Å². The number of H-pyrrole nitrogens is 1. The van der Waals surface area contributed by atoms with Crippen molar-refractivity contribution in [3.63, 3.8) is 0 Å². The van der Waals surface area contributed by atoms with Gasteiger partial charge < -0.3 is 4.90 Å². The van der Waals surface area contributed by atoms with Gasteiger partial charge in [-0.1, -0.05) is 0 Å². The molecular formula is C12H15N3OS. The molecule has 1 N–H and O–H groups in total. The molecule has 0 aromatic carbocycles. The van der Waals surface area contributed by atoms with Crippen LogP contribution in [0, 0.1) is 6.92 Å². The number of nitrogens with zero attached hydrogens (tertiary/aromatic N) is 2. The lowest BCUT2D eigenvalue weighted by Gasteiger charge is -2.23. The fraction of sp³-hybridized carbons (Fsp3) is 0.333. The molecule has 1 amide bonds. The van der Waals surface area contributed by atoms with Crippen LogP contribution in [0.1, 0.15) is 33.1 Å². The van der Waals surface area contributed by atoms with Crippen LogP contribution in [0.25, 0.3) is 0 Å². The molecule has 2 aromatic rings. The minimum atomic E-state index is -0.0164. The van der Waals surface area contributed by atoms with Crippen LogP contribution in [-0.4, -0.2) is 28.1 Å². The van der Waals surface area contributed by atoms with Gasteiger partial charge in [0.2, 0.25) is 0 Å². The molecule has 2 heterocycles. The zero-order valence-corrected chi connectivity index (χ0v) is 10.9. The number of thiophene rings is 1. The first kappa shape index (κ1) is 11.9. The molecule has 0 aliphatic carbocycles. The Bertz CT molecular complexity index is 504. The Balaban J connectivity index is 2.15. The number of rotatable bonds is 3. The highest BCUT2D eigenvalue weighted by Gasteiger charge is 2.20. The third-order valence-electron chi connectivity index (χ3n) is 2.82. The maximum Gasteiger partial charge on any atom is 0.257 e. The second-order valence-corrected chi connectivity index (χ2v) is 5.35. The van der Waals surface area contributed by atoms with Gasteiger partial charge in [-0.05, 0) is 26.0 Å². The number of carbonyl (C=O) groups is 1. The summed E-state index contributed by atoms with van der Waals surface area (Å²) in [6, 6.07) is 4.23. The largest absolute Gasteiger partial charge is 0.334 e. The quantitative estimate of drug-likeness (QED) is 0.909. The lowest BCUT2D eigenvalue weighted by Crippen LogP contribution is -2.28. The molecule has 0 aliphatic heterocycles. The van der Waals surface area contributed by atoms with Gasteiger partial charge in [-0.2, -0.15) is 5.10 Å². The van der Waals surface area contributed by atoms with Gasteiger partial charge >= 0.3 is 0 Å². The lowest BCUT2D eigenvalue weighted by atomic mass is 10.2. The summed E-state index contributed by atoms with van der Waals surface area (Å²) in [4.78, 5) is 16.3. The number of amides is 1. The van der Waals surface area contributed by atoms with Crippen molar-refractivity contribution in [2.75, 3.05) is 7.05 Å². The van der Waals surface area contributed by atoms with E-state index in [0.29, 0.717) is 5.56 Å². The SMILES string of the molecule is Cc1ccc(C(C)N(C)C(=O)c2cn[nH]c2)s1. The Labute approximate surface area is 104 Å². The highest BCUT2D eigenvalue weighted by atomic mass is 32.1. The fourth-order valence-electron chi connectivity index (χ4n) is 1.62. The highest BCUT2D eigenvalue weighted by molar-refractivity contribution is 7.12. The van der Waals surface area contributed by atoms with Gasteiger partial charge in [0, 0.05) is 23.0 Å². The zero-order chi connectivity index (χ0) is 12.4. The van der Waals surface area contributed by atoms with E-state index in [1.165, 1.54) is 9.75 Å². The predicted molar refractivity (Wildman–Crippen MR) is 68.2 cm³/mol. The maximum atomic E-state index is 12.1. The molecule has 4 nitrogen and oxygen atoms in total. The summed E-state index contributed by atoms with van der Waals surface area (Å²) < 4.78 is 0. The molecule has 0 spiro atoms. The van der Waals surface area contributed by atoms with Crippen molar-refractivity contribution in [1.29, 1.82) is 0 Å². The minimum absolute atomic E-state index is 0.0164. The summed E-state index contributed by atoms with van der Waals surface area (Å²) in [6.45, 7) is 4.10. The van der Waals surface area contributed by atoms with E-state index in [1.807, 2.05) is 14.0 Å². The molecule has 90 valence electrons. The molecule has 2 rings (SSSR count). The second-order valence-electron chi connectivity index (χ2n) is 4.03. The Morgan fingerprint density at radius 2 is 2.29 bits per heavy atom. The smallest absolute Gasteiger partial charge is 0.257 e. The first-order valence-electron chi connectivity index (χ1n) is 5.42. The predicted octanol–water partition coefficient (Wildman–Crippen LogP) is 2.61. The molecular weight excluding hydrogens is 234 g/mol. The standard InChI is InChI=1S/C12H15N3OS/c1-8-4-5-11(17-8)9(2)15(3)12(16)10-6-13-14-7-10/h4-7,9H,1-3H3,(H,13,14). The topological polar surface area (TPSA) is 49.0 Å². The van der Waals surface area contributed by atoms with E-state index in [1.54, 1.807) is 28.6 Å². The van der Waals surface area contributed by atoms with Crippen LogP contribution >= 0.6 is 11.3 Å². The van der Waals surface area contributed by atoms with Gasteiger partial charge in [-0.3, -0.25) is 9.89 Å². The molecule has 0 saturated heterocycles. The van der Waals surface area contributed by atoms with Crippen molar-refractivity contribution >= 4 is 17.2 Å². The third kappa shape index (κ3) is 2.39. The van der Waals surface area contributed by atoms with E-state index < -0.39 is 0 Å². The Hall–Kier alpha value is -1.62. The third-order valence-corrected chi connectivity index (χ3v) is 3.99. The molecule has 0 fully saturated rings. The summed E-state index contributed by atoms with van der Waals surface area (Å²) >= 11 is 1.72. The number of hydrogen-bond donors (Lipinski definition) is 1. The summed E-state index contributed by atoms with van der Waals surface area (Å²) in [6.07, 6.45) is 3.16. The number of aromatic amines is 1. The molecule has 0 radical (unpaired) electrons. The van der Waals surface area contributed by atoms with Crippen molar-refractivity contribution in [2.45, 2.75) is 19.9 Å². The summed E-state index contributed by atoms with van der Waals surface area (Å²) in [5, 5.41) is 6.45. The van der Waals surface area contributed by atoms with Gasteiger partial charge in [0.1, 0.15) is 0 Å². The number of aryl methyl sites for hydroxylation is 1. The van der Waals surface area contributed by atoms with Crippen molar-refractivity contribution in [1.82, 2.24) is 15.1 Å². The lowest BCUT2D eigenvalue weighted by molar-refractivity contribution is 0.0745. The van der Waals surface area contributed by atoms with Gasteiger partial charge in [0.25, 0.3) is 5.91 Å². The van der Waals surface area contributed by atoms with Crippen LogP contribution in [-0.2, 0) is 0 Å². The van der Waals surface area contributed by atoms with Crippen LogP contribution < -0.4 is 0 Å². The Kier molecular flexibility index (Phi) is 3.28. The van der Waals surface area contributed by atoms with Gasteiger partial charge in [0.05, 0.1) is 17.8 Å². The molecule has 0 aliphatic rings. The van der Waals surface area contributed by atoms with E-state index in [9.17, 15) is 4.79 Å². The van der Waals surface area contributed by atoms with Crippen molar-refractivity contribution in [2.24, 2.45) is 0 Å². The maximum absolute atomic E-state index is 12.1. The van der Waals surface area contributed by atoms with Crippen molar-refractivity contribution < 1.29 is 4.79 Å². The van der Waals surface area contributed by atoms with Crippen LogP contribution in [0.5, 0.6) is 0 Å². The normalized spacial score (nSPS) is 12.4. The highest BCUT2D eigenvalue weighted by Crippen LogP contribution is 2.27. The van der Waals surface area contributed by atoms with Gasteiger partial charge in [-0.15, -0.1) is 11.3 Å². The zero-order valence-electron chi connectivity index (χ0n) is 10.1. The first-order chi connectivity index (χ1) is 8.09. The Morgan fingerprint density at radius 3 is 2.82 bits per heavy atom. The molecule has 2 aromatic heterocycles. The first-order valence-corrected chi connectivity index (χ1v) is 6.23. The molecule has 1 atom stereocenters. The van der Waals surface area contributed by atoms with E-state index >= 15 is 0 Å². The number of nitrogens with one attached hydrogen (secondary N) is 1. The average Bonchev–Trinajstić information content (AvgIpc) is 2.96. The van der Waals surface area contributed by atoms with Crippen LogP contribution in [0.3, 0.4) is 0 Å². The van der Waals surface area contributed by atoms with Crippen molar-refractivity contribution in [3.8, 4) is 0 Å². The summed E-state index contributed by atoms with van der Waals surface area (Å²) in [5.74, 6) is -0.0164. The Morgan fingerprint density at radius 1 is 1.53 bits per heavy atom. The monoisotopic (exact) mass is 249 g/mol. The number of carbonyl (C=O) groups excluding carboxylic acids is 1. The van der Waals surface area contributed by atoms with E-state index in [2.05, 4.69) is 29.3 Å². The van der Waals surface area contributed by atoms with Crippen LogP contribution in [0.2, 0.25) is 0 Å². The van der Waals surface area contributed by atoms with Crippen LogP contribution in [0.4, 0.5) is 0 Å². The van der Waals surface area contributed by atoms with Gasteiger partial charge in [-0.25, -0.2) is 0 Å². The molecule has 1 unspecified atom stereocenters. The molecule has 5 heteroatoms. The molecule has 0 bridgehead atoms. The van der Waals surface area contributed by atoms with Crippen molar-refractivity contribution in [3.05, 3.63) is 39.8 Å². The minimum Gasteiger partial charge on any atom is -0.334 e. The summed E-state index contributed by atoms with van der Waals surface area (Å²) in [5.41, 5.74) is 0.590. The van der Waals surface area contributed by atoms with Crippen LogP contribution in [0.15, 0.2) is 24.5 Å². The second kappa shape index (κ2) is 4.71. The number of hydrogen-bond acceptors (Lipinski definition) is 3. The van der Waals surface area contributed by atoms with Gasteiger partial charge in [0.15, 0.2) is 0 Å². The van der Waals surface area contributed by atoms with E-state index in [-0.39, 0.29) is 11.9 Å². The van der Waals surface area contributed by atoms with E-state index in [4.69, 9.17) is 0 Å².